The summed E-state index contributed by atoms with van der Waals surface area (Å²) in [5.41, 5.74) is 0. The fraction of sp³-hybridized carbons (Fsp3) is 0.462. The number of rotatable bonds is 5. The number of likely N-dealkylation sites (tertiary alicyclic amines) is 1. The first-order chi connectivity index (χ1) is 9.06. The lowest BCUT2D eigenvalue weighted by molar-refractivity contribution is -0.141. The molecular formula is C13H16Cl3NO3. The second-order valence-corrected chi connectivity index (χ2v) is 5.39. The van der Waals surface area contributed by atoms with E-state index in [1.807, 2.05) is 0 Å². The van der Waals surface area contributed by atoms with Crippen molar-refractivity contribution >= 4 is 41.6 Å². The number of halogens is 3. The van der Waals surface area contributed by atoms with E-state index in [0.29, 0.717) is 41.9 Å². The summed E-state index contributed by atoms with van der Waals surface area (Å²) in [5, 5.41) is 9.96. The van der Waals surface area contributed by atoms with Crippen molar-refractivity contribution < 1.29 is 14.6 Å². The molecular weight excluding hydrogens is 325 g/mol. The van der Waals surface area contributed by atoms with Crippen LogP contribution >= 0.6 is 35.6 Å². The first-order valence-corrected chi connectivity index (χ1v) is 6.85. The summed E-state index contributed by atoms with van der Waals surface area (Å²) in [5.74, 6) is -0.372. The number of carboxylic acids is 1. The van der Waals surface area contributed by atoms with Gasteiger partial charge in [-0.05, 0) is 31.2 Å². The van der Waals surface area contributed by atoms with Gasteiger partial charge in [0.15, 0.2) is 0 Å². The Hall–Kier alpha value is -0.680. The van der Waals surface area contributed by atoms with Gasteiger partial charge in [0.2, 0.25) is 0 Å². The highest BCUT2D eigenvalue weighted by molar-refractivity contribution is 6.35. The van der Waals surface area contributed by atoms with Crippen LogP contribution in [0.2, 0.25) is 10.0 Å². The second kappa shape index (κ2) is 7.93. The highest BCUT2D eigenvalue weighted by atomic mass is 35.5. The van der Waals surface area contributed by atoms with Gasteiger partial charge in [-0.15, -0.1) is 12.4 Å². The molecule has 1 aliphatic rings. The first kappa shape index (κ1) is 17.4. The molecule has 1 heterocycles. The monoisotopic (exact) mass is 339 g/mol. The van der Waals surface area contributed by atoms with Crippen LogP contribution in [0, 0.1) is 5.92 Å². The van der Waals surface area contributed by atoms with E-state index >= 15 is 0 Å². The molecule has 1 aromatic rings. The average Bonchev–Trinajstić information content (AvgIpc) is 2.81. The Bertz CT molecular complexity index is 470. The van der Waals surface area contributed by atoms with Gasteiger partial charge in [-0.1, -0.05) is 23.2 Å². The maximum absolute atomic E-state index is 10.8. The van der Waals surface area contributed by atoms with Gasteiger partial charge >= 0.3 is 5.97 Å². The highest BCUT2D eigenvalue weighted by Gasteiger charge is 2.27. The zero-order chi connectivity index (χ0) is 13.8. The molecule has 4 nitrogen and oxygen atoms in total. The number of benzene rings is 1. The van der Waals surface area contributed by atoms with Crippen molar-refractivity contribution in [3.8, 4) is 5.75 Å². The minimum atomic E-state index is -0.718. The maximum Gasteiger partial charge on any atom is 0.307 e. The predicted octanol–water partition coefficient (Wildman–Crippen LogP) is 3.20. The minimum absolute atomic E-state index is 0. The first-order valence-electron chi connectivity index (χ1n) is 6.09. The topological polar surface area (TPSA) is 49.8 Å². The van der Waals surface area contributed by atoms with Crippen molar-refractivity contribution in [3.05, 3.63) is 28.2 Å². The Morgan fingerprint density at radius 2 is 2.20 bits per heavy atom. The average molecular weight is 341 g/mol. The fourth-order valence-corrected chi connectivity index (χ4v) is 2.58. The van der Waals surface area contributed by atoms with Crippen molar-refractivity contribution in [1.82, 2.24) is 4.90 Å². The van der Waals surface area contributed by atoms with Crippen LogP contribution in [0.5, 0.6) is 5.75 Å². The number of nitrogens with zero attached hydrogens (tertiary/aromatic N) is 1. The van der Waals surface area contributed by atoms with Gasteiger partial charge in [-0.3, -0.25) is 9.69 Å². The molecule has 2 rings (SSSR count). The van der Waals surface area contributed by atoms with Crippen LogP contribution in [0.3, 0.4) is 0 Å². The quantitative estimate of drug-likeness (QED) is 0.894. The summed E-state index contributed by atoms with van der Waals surface area (Å²) in [7, 11) is 0. The summed E-state index contributed by atoms with van der Waals surface area (Å²) in [6.45, 7) is 2.57. The molecule has 0 amide bonds. The molecule has 1 atom stereocenters. The third kappa shape index (κ3) is 4.70. The second-order valence-electron chi connectivity index (χ2n) is 4.55. The molecule has 0 aromatic heterocycles. The van der Waals surface area contributed by atoms with Crippen LogP contribution in [0.15, 0.2) is 18.2 Å². The molecule has 0 aliphatic carbocycles. The van der Waals surface area contributed by atoms with E-state index in [0.717, 1.165) is 6.54 Å². The number of aliphatic carboxylic acids is 1. The zero-order valence-electron chi connectivity index (χ0n) is 10.7. The molecule has 7 heteroatoms. The number of hydrogen-bond acceptors (Lipinski definition) is 3. The third-order valence-corrected chi connectivity index (χ3v) is 3.71. The summed E-state index contributed by atoms with van der Waals surface area (Å²) < 4.78 is 5.57. The molecule has 1 fully saturated rings. The van der Waals surface area contributed by atoms with E-state index in [2.05, 4.69) is 4.90 Å². The SMILES string of the molecule is Cl.O=C(O)C1CCN(CCOc2ccc(Cl)cc2Cl)C1. The summed E-state index contributed by atoms with van der Waals surface area (Å²) in [4.78, 5) is 12.9. The maximum atomic E-state index is 10.8. The minimum Gasteiger partial charge on any atom is -0.491 e. The van der Waals surface area contributed by atoms with E-state index in [9.17, 15) is 4.79 Å². The van der Waals surface area contributed by atoms with Gasteiger partial charge in [0, 0.05) is 18.1 Å². The van der Waals surface area contributed by atoms with Gasteiger partial charge in [0.25, 0.3) is 0 Å². The molecule has 112 valence electrons. The molecule has 1 N–H and O–H groups in total. The molecule has 1 saturated heterocycles. The highest BCUT2D eigenvalue weighted by Crippen LogP contribution is 2.27. The van der Waals surface area contributed by atoms with Crippen molar-refractivity contribution in [3.63, 3.8) is 0 Å². The molecule has 0 spiro atoms. The van der Waals surface area contributed by atoms with E-state index in [4.69, 9.17) is 33.0 Å². The van der Waals surface area contributed by atoms with Gasteiger partial charge in [0.05, 0.1) is 10.9 Å². The Balaban J connectivity index is 0.00000200. The van der Waals surface area contributed by atoms with Crippen molar-refractivity contribution in [2.24, 2.45) is 5.92 Å². The number of ether oxygens (including phenoxy) is 1. The van der Waals surface area contributed by atoms with Gasteiger partial charge in [-0.25, -0.2) is 0 Å². The van der Waals surface area contributed by atoms with Gasteiger partial charge in [-0.2, -0.15) is 0 Å². The lowest BCUT2D eigenvalue weighted by atomic mass is 10.1. The van der Waals surface area contributed by atoms with Crippen LogP contribution in [0.4, 0.5) is 0 Å². The van der Waals surface area contributed by atoms with Crippen LogP contribution in [-0.2, 0) is 4.79 Å². The molecule has 20 heavy (non-hydrogen) atoms. The molecule has 1 unspecified atom stereocenters. The zero-order valence-corrected chi connectivity index (χ0v) is 13.0. The standard InChI is InChI=1S/C13H15Cl2NO3.ClH/c14-10-1-2-12(11(15)7-10)19-6-5-16-4-3-9(8-16)13(17)18;/h1-2,7,9H,3-6,8H2,(H,17,18);1H. The van der Waals surface area contributed by atoms with E-state index in [1.54, 1.807) is 18.2 Å². The van der Waals surface area contributed by atoms with E-state index in [1.165, 1.54) is 0 Å². The van der Waals surface area contributed by atoms with Crippen LogP contribution in [0.25, 0.3) is 0 Å². The molecule has 0 saturated carbocycles. The molecule has 1 aromatic carbocycles. The normalized spacial score (nSPS) is 18.6. The van der Waals surface area contributed by atoms with Crippen LogP contribution in [0.1, 0.15) is 6.42 Å². The molecule has 0 bridgehead atoms. The van der Waals surface area contributed by atoms with Crippen LogP contribution in [-0.4, -0.2) is 42.2 Å². The summed E-state index contributed by atoms with van der Waals surface area (Å²) in [6, 6.07) is 5.09. The molecule has 1 aliphatic heterocycles. The number of carbonyl (C=O) groups is 1. The Labute approximate surface area is 134 Å². The summed E-state index contributed by atoms with van der Waals surface area (Å²) >= 11 is 11.8. The Morgan fingerprint density at radius 3 is 2.80 bits per heavy atom. The van der Waals surface area contributed by atoms with Crippen molar-refractivity contribution in [1.29, 1.82) is 0 Å². The van der Waals surface area contributed by atoms with Gasteiger partial charge < -0.3 is 9.84 Å². The number of hydrogen-bond donors (Lipinski definition) is 1. The predicted molar refractivity (Wildman–Crippen MR) is 81.4 cm³/mol. The molecule has 0 radical (unpaired) electrons. The third-order valence-electron chi connectivity index (χ3n) is 3.18. The van der Waals surface area contributed by atoms with E-state index in [-0.39, 0.29) is 18.3 Å². The largest absolute Gasteiger partial charge is 0.491 e. The smallest absolute Gasteiger partial charge is 0.307 e. The Morgan fingerprint density at radius 1 is 1.45 bits per heavy atom. The van der Waals surface area contributed by atoms with Gasteiger partial charge in [0.1, 0.15) is 12.4 Å². The fourth-order valence-electron chi connectivity index (χ4n) is 2.11. The van der Waals surface area contributed by atoms with E-state index < -0.39 is 5.97 Å². The number of carboxylic acid groups (broad SMARTS) is 1. The van der Waals surface area contributed by atoms with Crippen molar-refractivity contribution in [2.45, 2.75) is 6.42 Å². The Kier molecular flexibility index (Phi) is 6.89. The van der Waals surface area contributed by atoms with Crippen LogP contribution < -0.4 is 4.74 Å². The lowest BCUT2D eigenvalue weighted by Gasteiger charge is -2.16. The van der Waals surface area contributed by atoms with Crippen molar-refractivity contribution in [2.75, 3.05) is 26.2 Å². The lowest BCUT2D eigenvalue weighted by Crippen LogP contribution is -2.27. The summed E-state index contributed by atoms with van der Waals surface area (Å²) in [6.07, 6.45) is 0.705.